The predicted molar refractivity (Wildman–Crippen MR) is 85.6 cm³/mol. The molecule has 1 amide bonds. The van der Waals surface area contributed by atoms with Crippen molar-refractivity contribution in [2.45, 2.75) is 38.6 Å². The number of hydrogen-bond donors (Lipinski definition) is 1. The highest BCUT2D eigenvalue weighted by molar-refractivity contribution is 5.79. The van der Waals surface area contributed by atoms with E-state index in [0.29, 0.717) is 11.8 Å². The van der Waals surface area contributed by atoms with Crippen molar-refractivity contribution in [1.82, 2.24) is 24.6 Å². The standard InChI is InChI=1S/C17H23N5O/c23-17(14-1-2-16-10-18-12-22(16)11-14)21-7-4-13(5-8-21)9-15-3-6-19-20-15/h3,6,10,12-14H,1-2,4-5,7-9,11H2,(H,19,20). The Kier molecular flexibility index (Phi) is 3.89. The van der Waals surface area contributed by atoms with E-state index >= 15 is 0 Å². The van der Waals surface area contributed by atoms with Crippen molar-refractivity contribution >= 4 is 5.91 Å². The van der Waals surface area contributed by atoms with Gasteiger partial charge in [-0.2, -0.15) is 5.10 Å². The van der Waals surface area contributed by atoms with Crippen molar-refractivity contribution in [3.8, 4) is 0 Å². The number of nitrogens with zero attached hydrogens (tertiary/aromatic N) is 4. The van der Waals surface area contributed by atoms with Crippen LogP contribution in [-0.4, -0.2) is 43.6 Å². The van der Waals surface area contributed by atoms with Gasteiger partial charge in [0.25, 0.3) is 0 Å². The number of rotatable bonds is 3. The molecule has 122 valence electrons. The number of aromatic amines is 1. The van der Waals surface area contributed by atoms with E-state index in [1.807, 2.05) is 18.6 Å². The summed E-state index contributed by atoms with van der Waals surface area (Å²) in [5.74, 6) is 1.12. The van der Waals surface area contributed by atoms with Gasteiger partial charge in [0.2, 0.25) is 5.91 Å². The Morgan fingerprint density at radius 3 is 2.96 bits per heavy atom. The molecule has 0 radical (unpaired) electrons. The van der Waals surface area contributed by atoms with Crippen molar-refractivity contribution in [1.29, 1.82) is 0 Å². The molecule has 2 aromatic heterocycles. The highest BCUT2D eigenvalue weighted by Gasteiger charge is 2.30. The third-order valence-electron chi connectivity index (χ3n) is 5.31. The van der Waals surface area contributed by atoms with Crippen molar-refractivity contribution in [2.75, 3.05) is 13.1 Å². The predicted octanol–water partition coefficient (Wildman–Crippen LogP) is 1.65. The molecule has 23 heavy (non-hydrogen) atoms. The second-order valence-electron chi connectivity index (χ2n) is 6.83. The molecule has 0 spiro atoms. The lowest BCUT2D eigenvalue weighted by Gasteiger charge is -2.35. The molecule has 1 atom stereocenters. The lowest BCUT2D eigenvalue weighted by molar-refractivity contribution is -0.138. The second kappa shape index (κ2) is 6.18. The maximum atomic E-state index is 12.8. The van der Waals surface area contributed by atoms with Crippen molar-refractivity contribution < 1.29 is 4.79 Å². The molecular weight excluding hydrogens is 290 g/mol. The fraction of sp³-hybridized carbons (Fsp3) is 0.588. The van der Waals surface area contributed by atoms with Crippen molar-refractivity contribution in [3.63, 3.8) is 0 Å². The highest BCUT2D eigenvalue weighted by atomic mass is 16.2. The number of carbonyl (C=O) groups excluding carboxylic acids is 1. The minimum absolute atomic E-state index is 0.126. The number of carbonyl (C=O) groups is 1. The molecule has 2 aromatic rings. The molecule has 6 nitrogen and oxygen atoms in total. The largest absolute Gasteiger partial charge is 0.342 e. The number of nitrogens with one attached hydrogen (secondary N) is 1. The summed E-state index contributed by atoms with van der Waals surface area (Å²) in [6, 6.07) is 2.04. The van der Waals surface area contributed by atoms with Gasteiger partial charge in [-0.05, 0) is 44.1 Å². The van der Waals surface area contributed by atoms with Crippen LogP contribution in [0.1, 0.15) is 30.7 Å². The SMILES string of the molecule is O=C(C1CCc2cncn2C1)N1CCC(Cc2ccn[nH]2)CC1. The fourth-order valence-electron chi connectivity index (χ4n) is 3.90. The maximum absolute atomic E-state index is 12.8. The first-order valence-electron chi connectivity index (χ1n) is 8.55. The molecule has 0 bridgehead atoms. The van der Waals surface area contributed by atoms with Crippen LogP contribution in [-0.2, 0) is 24.2 Å². The number of fused-ring (bicyclic) bond motifs is 1. The van der Waals surface area contributed by atoms with E-state index in [1.54, 1.807) is 6.20 Å². The quantitative estimate of drug-likeness (QED) is 0.937. The smallest absolute Gasteiger partial charge is 0.227 e. The number of aryl methyl sites for hydroxylation is 1. The van der Waals surface area contributed by atoms with E-state index in [4.69, 9.17) is 0 Å². The number of imidazole rings is 1. The molecule has 6 heteroatoms. The Labute approximate surface area is 135 Å². The maximum Gasteiger partial charge on any atom is 0.227 e. The number of piperidine rings is 1. The normalized spacial score (nSPS) is 22.1. The molecule has 1 N–H and O–H groups in total. The van der Waals surface area contributed by atoms with Gasteiger partial charge in [-0.15, -0.1) is 0 Å². The van der Waals surface area contributed by atoms with E-state index in [9.17, 15) is 4.79 Å². The number of amides is 1. The zero-order valence-corrected chi connectivity index (χ0v) is 13.3. The summed E-state index contributed by atoms with van der Waals surface area (Å²) >= 11 is 0. The summed E-state index contributed by atoms with van der Waals surface area (Å²) in [6.07, 6.45) is 10.7. The first kappa shape index (κ1) is 14.5. The van der Waals surface area contributed by atoms with Crippen LogP contribution < -0.4 is 0 Å². The van der Waals surface area contributed by atoms with Crippen LogP contribution in [0.15, 0.2) is 24.8 Å². The first-order chi connectivity index (χ1) is 11.3. The van der Waals surface area contributed by atoms with Crippen LogP contribution >= 0.6 is 0 Å². The van der Waals surface area contributed by atoms with Gasteiger partial charge in [-0.3, -0.25) is 9.89 Å². The number of likely N-dealkylation sites (tertiary alicyclic amines) is 1. The molecule has 0 aromatic carbocycles. The molecule has 4 rings (SSSR count). The minimum Gasteiger partial charge on any atom is -0.342 e. The van der Waals surface area contributed by atoms with Gasteiger partial charge >= 0.3 is 0 Å². The third kappa shape index (κ3) is 3.02. The Hall–Kier alpha value is -2.11. The van der Waals surface area contributed by atoms with Gasteiger partial charge in [0.15, 0.2) is 0 Å². The Morgan fingerprint density at radius 2 is 2.17 bits per heavy atom. The zero-order valence-electron chi connectivity index (χ0n) is 13.3. The van der Waals surface area contributed by atoms with Gasteiger partial charge in [0.05, 0.1) is 12.2 Å². The first-order valence-corrected chi connectivity index (χ1v) is 8.55. The number of H-pyrrole nitrogens is 1. The molecular formula is C17H23N5O. The van der Waals surface area contributed by atoms with Gasteiger partial charge in [0.1, 0.15) is 0 Å². The molecule has 4 heterocycles. The van der Waals surface area contributed by atoms with E-state index in [2.05, 4.69) is 24.6 Å². The van der Waals surface area contributed by atoms with Crippen molar-refractivity contribution in [2.24, 2.45) is 11.8 Å². The van der Waals surface area contributed by atoms with Crippen LogP contribution in [0.5, 0.6) is 0 Å². The number of aromatic nitrogens is 4. The lowest BCUT2D eigenvalue weighted by atomic mass is 9.90. The zero-order chi connectivity index (χ0) is 15.6. The Bertz CT molecular complexity index is 654. The van der Waals surface area contributed by atoms with E-state index < -0.39 is 0 Å². The monoisotopic (exact) mass is 313 g/mol. The van der Waals surface area contributed by atoms with Gasteiger partial charge in [-0.25, -0.2) is 4.98 Å². The highest BCUT2D eigenvalue weighted by Crippen LogP contribution is 2.25. The van der Waals surface area contributed by atoms with Crippen LogP contribution in [0.3, 0.4) is 0 Å². The van der Waals surface area contributed by atoms with Gasteiger partial charge in [0, 0.05) is 43.4 Å². The van der Waals surface area contributed by atoms with Crippen LogP contribution in [0.4, 0.5) is 0 Å². The molecule has 1 fully saturated rings. The molecule has 2 aliphatic rings. The summed E-state index contributed by atoms with van der Waals surface area (Å²) in [5, 5.41) is 7.05. The van der Waals surface area contributed by atoms with Crippen LogP contribution in [0.2, 0.25) is 0 Å². The molecule has 1 unspecified atom stereocenters. The molecule has 2 aliphatic heterocycles. The second-order valence-corrected chi connectivity index (χ2v) is 6.83. The average molecular weight is 313 g/mol. The summed E-state index contributed by atoms with van der Waals surface area (Å²) in [6.45, 7) is 2.58. The summed E-state index contributed by atoms with van der Waals surface area (Å²) in [7, 11) is 0. The number of hydrogen-bond acceptors (Lipinski definition) is 3. The van der Waals surface area contributed by atoms with Crippen LogP contribution in [0.25, 0.3) is 0 Å². The Morgan fingerprint density at radius 1 is 1.30 bits per heavy atom. The van der Waals surface area contributed by atoms with Crippen molar-refractivity contribution in [3.05, 3.63) is 36.2 Å². The summed E-state index contributed by atoms with van der Waals surface area (Å²) in [5.41, 5.74) is 2.46. The summed E-state index contributed by atoms with van der Waals surface area (Å²) in [4.78, 5) is 19.0. The average Bonchev–Trinajstić information content (AvgIpc) is 3.25. The molecule has 0 saturated carbocycles. The van der Waals surface area contributed by atoms with E-state index in [1.165, 1.54) is 11.4 Å². The van der Waals surface area contributed by atoms with E-state index in [-0.39, 0.29) is 5.92 Å². The fourth-order valence-corrected chi connectivity index (χ4v) is 3.90. The minimum atomic E-state index is 0.126. The Balaban J connectivity index is 1.31. The molecule has 1 saturated heterocycles. The topological polar surface area (TPSA) is 66.8 Å². The lowest BCUT2D eigenvalue weighted by Crippen LogP contribution is -2.44. The van der Waals surface area contributed by atoms with E-state index in [0.717, 1.165) is 51.7 Å². The van der Waals surface area contributed by atoms with Gasteiger partial charge in [-0.1, -0.05) is 0 Å². The van der Waals surface area contributed by atoms with Crippen LogP contribution in [0, 0.1) is 11.8 Å². The molecule has 0 aliphatic carbocycles. The third-order valence-corrected chi connectivity index (χ3v) is 5.31. The summed E-state index contributed by atoms with van der Waals surface area (Å²) < 4.78 is 2.14. The van der Waals surface area contributed by atoms with Gasteiger partial charge < -0.3 is 9.47 Å².